The number of aryl methyl sites for hydroxylation is 2. The van der Waals surface area contributed by atoms with Gasteiger partial charge in [0.1, 0.15) is 11.5 Å². The van der Waals surface area contributed by atoms with E-state index in [2.05, 4.69) is 5.32 Å². The number of hydrogen-bond acceptors (Lipinski definition) is 3. The summed E-state index contributed by atoms with van der Waals surface area (Å²) in [4.78, 5) is 12.6. The van der Waals surface area contributed by atoms with Gasteiger partial charge in [-0.25, -0.2) is 0 Å². The highest BCUT2D eigenvalue weighted by Crippen LogP contribution is 2.25. The molecule has 4 nitrogen and oxygen atoms in total. The zero-order chi connectivity index (χ0) is 17.5. The van der Waals surface area contributed by atoms with E-state index in [1.165, 1.54) is 5.56 Å². The smallest absolute Gasteiger partial charge is 0.265 e. The summed E-state index contributed by atoms with van der Waals surface area (Å²) in [5.41, 5.74) is 2.85. The first-order valence-corrected chi connectivity index (χ1v) is 8.31. The SMILES string of the molecule is CCOc1ccccc1NC(=O)C(CC)Oc1ccc(C)cc1C. The highest BCUT2D eigenvalue weighted by Gasteiger charge is 2.20. The molecule has 2 rings (SSSR count). The quantitative estimate of drug-likeness (QED) is 0.814. The molecule has 1 atom stereocenters. The number of benzene rings is 2. The van der Waals surface area contributed by atoms with E-state index in [1.807, 2.05) is 70.2 Å². The maximum Gasteiger partial charge on any atom is 0.265 e. The molecule has 0 saturated carbocycles. The average Bonchev–Trinajstić information content (AvgIpc) is 2.56. The van der Waals surface area contributed by atoms with Crippen LogP contribution in [-0.2, 0) is 4.79 Å². The van der Waals surface area contributed by atoms with Crippen molar-refractivity contribution in [1.29, 1.82) is 0 Å². The van der Waals surface area contributed by atoms with Gasteiger partial charge < -0.3 is 14.8 Å². The number of hydrogen-bond donors (Lipinski definition) is 1. The van der Waals surface area contributed by atoms with Crippen molar-refractivity contribution in [2.75, 3.05) is 11.9 Å². The van der Waals surface area contributed by atoms with E-state index in [0.717, 1.165) is 11.3 Å². The zero-order valence-corrected chi connectivity index (χ0v) is 14.8. The van der Waals surface area contributed by atoms with Crippen molar-refractivity contribution in [3.8, 4) is 11.5 Å². The maximum absolute atomic E-state index is 12.6. The van der Waals surface area contributed by atoms with Crippen molar-refractivity contribution >= 4 is 11.6 Å². The monoisotopic (exact) mass is 327 g/mol. The van der Waals surface area contributed by atoms with E-state index in [0.29, 0.717) is 24.5 Å². The molecular weight excluding hydrogens is 302 g/mol. The fourth-order valence-corrected chi connectivity index (χ4v) is 2.47. The van der Waals surface area contributed by atoms with E-state index < -0.39 is 6.10 Å². The van der Waals surface area contributed by atoms with E-state index >= 15 is 0 Å². The van der Waals surface area contributed by atoms with Crippen molar-refractivity contribution in [2.24, 2.45) is 0 Å². The Morgan fingerprint density at radius 3 is 2.50 bits per heavy atom. The highest BCUT2D eigenvalue weighted by molar-refractivity contribution is 5.95. The molecule has 0 aromatic heterocycles. The summed E-state index contributed by atoms with van der Waals surface area (Å²) < 4.78 is 11.5. The van der Waals surface area contributed by atoms with Gasteiger partial charge in [0.05, 0.1) is 12.3 Å². The average molecular weight is 327 g/mol. The molecule has 1 N–H and O–H groups in total. The largest absolute Gasteiger partial charge is 0.492 e. The number of para-hydroxylation sites is 2. The summed E-state index contributed by atoms with van der Waals surface area (Å²) in [7, 11) is 0. The Hall–Kier alpha value is -2.49. The molecule has 0 spiro atoms. The van der Waals surface area contributed by atoms with E-state index in [1.54, 1.807) is 0 Å². The Labute approximate surface area is 143 Å². The van der Waals surface area contributed by atoms with Gasteiger partial charge in [0.15, 0.2) is 6.10 Å². The number of carbonyl (C=O) groups is 1. The van der Waals surface area contributed by atoms with Crippen LogP contribution < -0.4 is 14.8 Å². The molecule has 128 valence electrons. The molecule has 0 aliphatic rings. The second kappa shape index (κ2) is 8.39. The standard InChI is InChI=1S/C20H25NO3/c1-5-17(24-18-12-11-14(3)13-15(18)4)20(22)21-16-9-7-8-10-19(16)23-6-2/h7-13,17H,5-6H2,1-4H3,(H,21,22). The van der Waals surface area contributed by atoms with Crippen molar-refractivity contribution in [3.63, 3.8) is 0 Å². The van der Waals surface area contributed by atoms with Crippen LogP contribution in [0.1, 0.15) is 31.4 Å². The van der Waals surface area contributed by atoms with Gasteiger partial charge in [0.2, 0.25) is 0 Å². The molecule has 0 heterocycles. The van der Waals surface area contributed by atoms with Gasteiger partial charge in [-0.3, -0.25) is 4.79 Å². The van der Waals surface area contributed by atoms with Crippen LogP contribution in [0.25, 0.3) is 0 Å². The lowest BCUT2D eigenvalue weighted by Gasteiger charge is -2.19. The van der Waals surface area contributed by atoms with Gasteiger partial charge >= 0.3 is 0 Å². The number of ether oxygens (including phenoxy) is 2. The van der Waals surface area contributed by atoms with E-state index in [-0.39, 0.29) is 5.91 Å². The molecule has 0 aliphatic heterocycles. The molecule has 0 aliphatic carbocycles. The summed E-state index contributed by atoms with van der Waals surface area (Å²) in [6, 6.07) is 13.3. The topological polar surface area (TPSA) is 47.6 Å². The molecular formula is C20H25NO3. The lowest BCUT2D eigenvalue weighted by molar-refractivity contribution is -0.122. The van der Waals surface area contributed by atoms with Crippen molar-refractivity contribution in [1.82, 2.24) is 0 Å². The third-order valence-corrected chi connectivity index (χ3v) is 3.71. The van der Waals surface area contributed by atoms with E-state index in [9.17, 15) is 4.79 Å². The van der Waals surface area contributed by atoms with E-state index in [4.69, 9.17) is 9.47 Å². The molecule has 2 aromatic rings. The molecule has 0 fully saturated rings. The minimum atomic E-state index is -0.555. The van der Waals surface area contributed by atoms with Gasteiger partial charge in [-0.2, -0.15) is 0 Å². The van der Waals surface area contributed by atoms with Crippen molar-refractivity contribution in [2.45, 2.75) is 40.2 Å². The second-order valence-corrected chi connectivity index (χ2v) is 5.70. The first-order chi connectivity index (χ1) is 11.5. The van der Waals surface area contributed by atoms with Crippen molar-refractivity contribution in [3.05, 3.63) is 53.6 Å². The van der Waals surface area contributed by atoms with Crippen LogP contribution in [0.4, 0.5) is 5.69 Å². The van der Waals surface area contributed by atoms with Crippen LogP contribution >= 0.6 is 0 Å². The maximum atomic E-state index is 12.6. The first-order valence-electron chi connectivity index (χ1n) is 8.31. The predicted octanol–water partition coefficient (Wildman–Crippen LogP) is 4.50. The minimum absolute atomic E-state index is 0.176. The highest BCUT2D eigenvalue weighted by atomic mass is 16.5. The molecule has 24 heavy (non-hydrogen) atoms. The molecule has 2 aromatic carbocycles. The van der Waals surface area contributed by atoms with Crippen molar-refractivity contribution < 1.29 is 14.3 Å². The fourth-order valence-electron chi connectivity index (χ4n) is 2.47. The minimum Gasteiger partial charge on any atom is -0.492 e. The normalized spacial score (nSPS) is 11.7. The van der Waals surface area contributed by atoms with Crippen LogP contribution in [0.5, 0.6) is 11.5 Å². The number of anilines is 1. The predicted molar refractivity (Wildman–Crippen MR) is 96.9 cm³/mol. The van der Waals surface area contributed by atoms with Crippen LogP contribution in [0, 0.1) is 13.8 Å². The second-order valence-electron chi connectivity index (χ2n) is 5.70. The lowest BCUT2D eigenvalue weighted by atomic mass is 10.1. The molecule has 1 amide bonds. The third kappa shape index (κ3) is 4.51. The summed E-state index contributed by atoms with van der Waals surface area (Å²) in [5.74, 6) is 1.22. The number of nitrogens with one attached hydrogen (secondary N) is 1. The number of rotatable bonds is 7. The zero-order valence-electron chi connectivity index (χ0n) is 14.8. The fraction of sp³-hybridized carbons (Fsp3) is 0.350. The Morgan fingerprint density at radius 2 is 1.83 bits per heavy atom. The van der Waals surface area contributed by atoms with Crippen LogP contribution in [-0.4, -0.2) is 18.6 Å². The van der Waals surface area contributed by atoms with Crippen LogP contribution in [0.2, 0.25) is 0 Å². The van der Waals surface area contributed by atoms with Gasteiger partial charge in [-0.05, 0) is 51.0 Å². The van der Waals surface area contributed by atoms with Crippen LogP contribution in [0.3, 0.4) is 0 Å². The summed E-state index contributed by atoms with van der Waals surface area (Å²) >= 11 is 0. The Balaban J connectivity index is 2.12. The Morgan fingerprint density at radius 1 is 1.08 bits per heavy atom. The Bertz CT molecular complexity index is 697. The number of amides is 1. The molecule has 4 heteroatoms. The lowest BCUT2D eigenvalue weighted by Crippen LogP contribution is -2.32. The van der Waals surface area contributed by atoms with Gasteiger partial charge in [-0.15, -0.1) is 0 Å². The first kappa shape index (κ1) is 17.9. The summed E-state index contributed by atoms with van der Waals surface area (Å²) in [6.45, 7) is 8.41. The van der Waals surface area contributed by atoms with Crippen LogP contribution in [0.15, 0.2) is 42.5 Å². The van der Waals surface area contributed by atoms with Gasteiger partial charge in [0.25, 0.3) is 5.91 Å². The summed E-state index contributed by atoms with van der Waals surface area (Å²) in [6.07, 6.45) is 0.0248. The molecule has 0 radical (unpaired) electrons. The number of carbonyl (C=O) groups excluding carboxylic acids is 1. The molecule has 0 bridgehead atoms. The van der Waals surface area contributed by atoms with Gasteiger partial charge in [-0.1, -0.05) is 36.8 Å². The Kier molecular flexibility index (Phi) is 6.24. The molecule has 1 unspecified atom stereocenters. The third-order valence-electron chi connectivity index (χ3n) is 3.71. The molecule has 0 saturated heterocycles. The van der Waals surface area contributed by atoms with Gasteiger partial charge in [0, 0.05) is 0 Å². The summed E-state index contributed by atoms with van der Waals surface area (Å²) in [5, 5.41) is 2.91.